The number of anilines is 2. The lowest BCUT2D eigenvalue weighted by atomic mass is 10.1. The molecule has 0 spiro atoms. The van der Waals surface area contributed by atoms with Gasteiger partial charge in [0.2, 0.25) is 0 Å². The van der Waals surface area contributed by atoms with Crippen LogP contribution in [0.5, 0.6) is 0 Å². The molecule has 10 heteroatoms. The number of ether oxygens (including phenoxy) is 1. The van der Waals surface area contributed by atoms with Gasteiger partial charge in [0.15, 0.2) is 11.3 Å². The molecule has 0 bridgehead atoms. The van der Waals surface area contributed by atoms with Crippen LogP contribution in [0.25, 0.3) is 16.9 Å². The van der Waals surface area contributed by atoms with E-state index in [0.29, 0.717) is 35.9 Å². The van der Waals surface area contributed by atoms with E-state index in [1.165, 1.54) is 16.8 Å². The van der Waals surface area contributed by atoms with E-state index in [4.69, 9.17) is 16.3 Å². The molecular weight excluding hydrogens is 435 g/mol. The number of imidazole rings is 1. The Morgan fingerprint density at radius 1 is 1.09 bits per heavy atom. The van der Waals surface area contributed by atoms with Crippen LogP contribution in [-0.4, -0.2) is 51.8 Å². The number of hydrogen-bond donors (Lipinski definition) is 1. The maximum Gasteiger partial charge on any atom is 0.277 e. The molecular formula is C22H18ClFN6O2. The maximum absolute atomic E-state index is 13.9. The molecule has 0 atom stereocenters. The lowest BCUT2D eigenvalue weighted by Gasteiger charge is -2.27. The lowest BCUT2D eigenvalue weighted by molar-refractivity contribution is 0.102. The van der Waals surface area contributed by atoms with Gasteiger partial charge >= 0.3 is 0 Å². The van der Waals surface area contributed by atoms with Crippen molar-refractivity contribution in [1.29, 1.82) is 0 Å². The number of benzene rings is 1. The first-order chi connectivity index (χ1) is 15.6. The van der Waals surface area contributed by atoms with Crippen LogP contribution in [0.1, 0.15) is 10.5 Å². The maximum atomic E-state index is 13.9. The Hall–Kier alpha value is -3.56. The number of amides is 1. The minimum absolute atomic E-state index is 0.0328. The molecule has 1 saturated heterocycles. The highest BCUT2D eigenvalue weighted by atomic mass is 35.5. The van der Waals surface area contributed by atoms with Crippen molar-refractivity contribution < 1.29 is 13.9 Å². The number of halogens is 2. The molecule has 4 heterocycles. The van der Waals surface area contributed by atoms with Gasteiger partial charge in [-0.3, -0.25) is 4.79 Å². The first-order valence-electron chi connectivity index (χ1n) is 10.0. The number of aromatic nitrogens is 4. The molecule has 5 rings (SSSR count). The van der Waals surface area contributed by atoms with Crippen molar-refractivity contribution in [2.75, 3.05) is 36.5 Å². The van der Waals surface area contributed by atoms with Crippen molar-refractivity contribution in [3.8, 4) is 11.3 Å². The Labute approximate surface area is 187 Å². The number of hydrogen-bond acceptors (Lipinski definition) is 6. The van der Waals surface area contributed by atoms with Crippen molar-refractivity contribution in [1.82, 2.24) is 19.6 Å². The van der Waals surface area contributed by atoms with Crippen LogP contribution in [0, 0.1) is 5.82 Å². The average Bonchev–Trinajstić information content (AvgIpc) is 3.25. The van der Waals surface area contributed by atoms with E-state index in [1.54, 1.807) is 30.3 Å². The average molecular weight is 453 g/mol. The molecule has 8 nitrogen and oxygen atoms in total. The highest BCUT2D eigenvalue weighted by Gasteiger charge is 2.18. The molecule has 0 saturated carbocycles. The van der Waals surface area contributed by atoms with E-state index in [1.807, 2.05) is 12.1 Å². The smallest absolute Gasteiger partial charge is 0.277 e. The second-order valence-electron chi connectivity index (χ2n) is 7.17. The van der Waals surface area contributed by atoms with Crippen LogP contribution in [0.2, 0.25) is 5.02 Å². The van der Waals surface area contributed by atoms with E-state index >= 15 is 0 Å². The first kappa shape index (κ1) is 20.3. The Bertz CT molecular complexity index is 1300. The molecule has 162 valence electrons. The lowest BCUT2D eigenvalue weighted by Crippen LogP contribution is -2.36. The second-order valence-corrected chi connectivity index (χ2v) is 7.55. The molecule has 1 aliphatic rings. The number of morpholine rings is 1. The summed E-state index contributed by atoms with van der Waals surface area (Å²) in [4.78, 5) is 23.9. The summed E-state index contributed by atoms with van der Waals surface area (Å²) in [6, 6.07) is 13.3. The Balaban J connectivity index is 1.43. The molecule has 4 aromatic rings. The van der Waals surface area contributed by atoms with Gasteiger partial charge in [-0.15, -0.1) is 0 Å². The van der Waals surface area contributed by atoms with Crippen molar-refractivity contribution in [2.24, 2.45) is 0 Å². The third kappa shape index (κ3) is 3.88. The zero-order valence-corrected chi connectivity index (χ0v) is 17.6. The number of nitrogens with one attached hydrogen (secondary N) is 1. The minimum atomic E-state index is -0.541. The number of pyridine rings is 1. The fourth-order valence-corrected chi connectivity index (χ4v) is 3.74. The number of fused-ring (bicyclic) bond motifs is 1. The van der Waals surface area contributed by atoms with Gasteiger partial charge in [-0.1, -0.05) is 29.8 Å². The van der Waals surface area contributed by atoms with Gasteiger partial charge in [0.25, 0.3) is 5.91 Å². The van der Waals surface area contributed by atoms with Crippen LogP contribution in [0.3, 0.4) is 0 Å². The number of rotatable bonds is 4. The van der Waals surface area contributed by atoms with Crippen LogP contribution in [0.15, 0.2) is 54.7 Å². The fraction of sp³-hybridized carbons (Fsp3) is 0.182. The van der Waals surface area contributed by atoms with Gasteiger partial charge in [-0.2, -0.15) is 5.10 Å². The topological polar surface area (TPSA) is 84.7 Å². The molecule has 1 aromatic carbocycles. The Morgan fingerprint density at radius 2 is 1.91 bits per heavy atom. The third-order valence-corrected chi connectivity index (χ3v) is 5.52. The summed E-state index contributed by atoms with van der Waals surface area (Å²) in [5.41, 5.74) is 1.53. The summed E-state index contributed by atoms with van der Waals surface area (Å²) in [6.45, 7) is 2.77. The van der Waals surface area contributed by atoms with E-state index in [9.17, 15) is 9.18 Å². The summed E-state index contributed by atoms with van der Waals surface area (Å²) < 4.78 is 20.7. The molecule has 1 aliphatic heterocycles. The van der Waals surface area contributed by atoms with Gasteiger partial charge in [-0.25, -0.2) is 18.9 Å². The predicted molar refractivity (Wildman–Crippen MR) is 119 cm³/mol. The summed E-state index contributed by atoms with van der Waals surface area (Å²) >= 11 is 6.10. The van der Waals surface area contributed by atoms with E-state index in [-0.39, 0.29) is 10.7 Å². The second kappa shape index (κ2) is 8.52. The molecule has 0 aliphatic carbocycles. The fourth-order valence-electron chi connectivity index (χ4n) is 3.52. The van der Waals surface area contributed by atoms with Crippen molar-refractivity contribution in [3.63, 3.8) is 0 Å². The van der Waals surface area contributed by atoms with Gasteiger partial charge < -0.3 is 15.0 Å². The zero-order valence-electron chi connectivity index (χ0n) is 16.8. The van der Waals surface area contributed by atoms with Gasteiger partial charge in [0.05, 0.1) is 30.1 Å². The van der Waals surface area contributed by atoms with Crippen LogP contribution in [-0.2, 0) is 4.74 Å². The highest BCUT2D eigenvalue weighted by molar-refractivity contribution is 6.33. The standard InChI is InChI=1S/C22H18ClFN6O2/c23-21-14(3-1-4-15(21)24)16-7-8-19-25-13-17(30(19)28-16)22(31)27-18-5-2-6-20(26-18)29-9-11-32-12-10-29/h1-8,13H,9-12H2,(H,26,27,31). The van der Waals surface area contributed by atoms with Gasteiger partial charge in [-0.05, 0) is 30.3 Å². The highest BCUT2D eigenvalue weighted by Crippen LogP contribution is 2.28. The minimum Gasteiger partial charge on any atom is -0.378 e. The number of carbonyl (C=O) groups is 1. The number of nitrogens with zero attached hydrogens (tertiary/aromatic N) is 5. The van der Waals surface area contributed by atoms with Gasteiger partial charge in [0, 0.05) is 18.7 Å². The van der Waals surface area contributed by atoms with Crippen molar-refractivity contribution in [2.45, 2.75) is 0 Å². The van der Waals surface area contributed by atoms with E-state index < -0.39 is 11.7 Å². The van der Waals surface area contributed by atoms with Crippen LogP contribution < -0.4 is 10.2 Å². The Morgan fingerprint density at radius 3 is 2.75 bits per heavy atom. The SMILES string of the molecule is O=C(Nc1cccc(N2CCOCC2)n1)c1cnc2ccc(-c3cccc(F)c3Cl)nn12. The quantitative estimate of drug-likeness (QED) is 0.508. The summed E-state index contributed by atoms with van der Waals surface area (Å²) in [5.74, 6) is 0.226. The molecule has 1 fully saturated rings. The number of carbonyl (C=O) groups excluding carboxylic acids is 1. The monoisotopic (exact) mass is 452 g/mol. The van der Waals surface area contributed by atoms with Crippen LogP contribution in [0.4, 0.5) is 16.0 Å². The summed E-state index contributed by atoms with van der Waals surface area (Å²) in [5, 5.41) is 7.23. The molecule has 3 aromatic heterocycles. The normalized spacial score (nSPS) is 14.0. The molecule has 1 N–H and O–H groups in total. The zero-order chi connectivity index (χ0) is 22.1. The van der Waals surface area contributed by atoms with E-state index in [2.05, 4.69) is 25.3 Å². The first-order valence-corrected chi connectivity index (χ1v) is 10.4. The molecule has 0 radical (unpaired) electrons. The molecule has 32 heavy (non-hydrogen) atoms. The Kier molecular flexibility index (Phi) is 5.42. The predicted octanol–water partition coefficient (Wildman–Crippen LogP) is 3.67. The van der Waals surface area contributed by atoms with Crippen LogP contribution >= 0.6 is 11.6 Å². The molecule has 1 amide bonds. The summed E-state index contributed by atoms with van der Waals surface area (Å²) in [7, 11) is 0. The van der Waals surface area contributed by atoms with E-state index in [0.717, 1.165) is 18.9 Å². The third-order valence-electron chi connectivity index (χ3n) is 5.13. The largest absolute Gasteiger partial charge is 0.378 e. The van der Waals surface area contributed by atoms with Gasteiger partial charge in [0.1, 0.15) is 17.5 Å². The van der Waals surface area contributed by atoms with Crippen molar-refractivity contribution in [3.05, 3.63) is 71.3 Å². The summed E-state index contributed by atoms with van der Waals surface area (Å²) in [6.07, 6.45) is 1.43. The van der Waals surface area contributed by atoms with Crippen molar-refractivity contribution >= 4 is 34.8 Å². The molecule has 0 unspecified atom stereocenters.